The molecule has 1 aromatic carbocycles. The van der Waals surface area contributed by atoms with Crippen molar-refractivity contribution in [1.82, 2.24) is 20.1 Å². The molecule has 0 aliphatic carbocycles. The number of pyridine rings is 1. The predicted molar refractivity (Wildman–Crippen MR) is 113 cm³/mol. The number of fused-ring (bicyclic) bond motifs is 1. The van der Waals surface area contributed by atoms with Crippen LogP contribution in [0.2, 0.25) is 0 Å². The first-order chi connectivity index (χ1) is 14.2. The lowest BCUT2D eigenvalue weighted by Gasteiger charge is -2.27. The molecule has 2 unspecified atom stereocenters. The maximum Gasteiger partial charge on any atom is 0.242 e. The van der Waals surface area contributed by atoms with E-state index in [2.05, 4.69) is 33.1 Å². The summed E-state index contributed by atoms with van der Waals surface area (Å²) < 4.78 is 6.04. The van der Waals surface area contributed by atoms with Crippen molar-refractivity contribution in [3.8, 4) is 5.75 Å². The molecule has 29 heavy (non-hydrogen) atoms. The zero-order chi connectivity index (χ0) is 20.1. The molecule has 2 aromatic rings. The highest BCUT2D eigenvalue weighted by molar-refractivity contribution is 5.83. The second kappa shape index (κ2) is 9.37. The summed E-state index contributed by atoms with van der Waals surface area (Å²) in [6.07, 6.45) is 5.99. The van der Waals surface area contributed by atoms with Gasteiger partial charge in [0.1, 0.15) is 17.9 Å². The summed E-state index contributed by atoms with van der Waals surface area (Å²) >= 11 is 0. The maximum absolute atomic E-state index is 13.1. The van der Waals surface area contributed by atoms with E-state index in [-0.39, 0.29) is 18.1 Å². The van der Waals surface area contributed by atoms with Crippen molar-refractivity contribution in [1.29, 1.82) is 0 Å². The van der Waals surface area contributed by atoms with Crippen LogP contribution in [-0.4, -0.2) is 59.5 Å². The van der Waals surface area contributed by atoms with Gasteiger partial charge in [-0.2, -0.15) is 0 Å². The lowest BCUT2D eigenvalue weighted by atomic mass is 10.1. The molecule has 2 atom stereocenters. The number of ether oxygens (including phenoxy) is 1. The van der Waals surface area contributed by atoms with E-state index in [1.165, 1.54) is 5.56 Å². The zero-order valence-corrected chi connectivity index (χ0v) is 17.1. The van der Waals surface area contributed by atoms with Crippen LogP contribution in [0.5, 0.6) is 5.75 Å². The first-order valence-corrected chi connectivity index (χ1v) is 10.6. The standard InChI is InChI=1S/C23H30N4O2/c1-18-16-26(17-20-7-2-3-9-21(20)29-18)14-11-25-23(28)22(27-12-4-5-13-27)19-8-6-10-24-15-19/h2-3,6-10,15,18,22H,4-5,11-14,16-17H2,1H3,(H,25,28). The molecule has 0 saturated carbocycles. The SMILES string of the molecule is CC1CN(CCNC(=O)C(c2cccnc2)N2CCCC2)Cc2ccccc2O1. The first kappa shape index (κ1) is 19.9. The zero-order valence-electron chi connectivity index (χ0n) is 17.1. The maximum atomic E-state index is 13.1. The van der Waals surface area contributed by atoms with E-state index >= 15 is 0 Å². The average molecular weight is 395 g/mol. The van der Waals surface area contributed by atoms with Gasteiger partial charge in [-0.15, -0.1) is 0 Å². The molecule has 4 rings (SSSR count). The summed E-state index contributed by atoms with van der Waals surface area (Å²) in [5, 5.41) is 3.17. The van der Waals surface area contributed by atoms with Crippen molar-refractivity contribution in [3.05, 3.63) is 59.9 Å². The van der Waals surface area contributed by atoms with Gasteiger partial charge in [0.25, 0.3) is 0 Å². The summed E-state index contributed by atoms with van der Waals surface area (Å²) in [7, 11) is 0. The van der Waals surface area contributed by atoms with Gasteiger partial charge in [0.15, 0.2) is 0 Å². The van der Waals surface area contributed by atoms with Crippen LogP contribution in [0, 0.1) is 0 Å². The third-order valence-corrected chi connectivity index (χ3v) is 5.69. The minimum absolute atomic E-state index is 0.0689. The Labute approximate surface area is 172 Å². The minimum atomic E-state index is -0.252. The third kappa shape index (κ3) is 4.95. The van der Waals surface area contributed by atoms with Gasteiger partial charge in [0, 0.05) is 44.1 Å². The second-order valence-corrected chi connectivity index (χ2v) is 7.99. The largest absolute Gasteiger partial charge is 0.489 e. The Kier molecular flexibility index (Phi) is 6.42. The van der Waals surface area contributed by atoms with Crippen LogP contribution in [0.3, 0.4) is 0 Å². The fourth-order valence-corrected chi connectivity index (χ4v) is 4.34. The number of likely N-dealkylation sites (tertiary alicyclic amines) is 1. The molecule has 1 saturated heterocycles. The van der Waals surface area contributed by atoms with Gasteiger partial charge in [-0.1, -0.05) is 24.3 Å². The fraction of sp³-hybridized carbons (Fsp3) is 0.478. The van der Waals surface area contributed by atoms with Gasteiger partial charge in [-0.25, -0.2) is 0 Å². The van der Waals surface area contributed by atoms with Crippen molar-refractivity contribution >= 4 is 5.91 Å². The Hall–Kier alpha value is -2.44. The number of benzene rings is 1. The Morgan fingerprint density at radius 1 is 1.24 bits per heavy atom. The molecule has 2 aliphatic rings. The van der Waals surface area contributed by atoms with E-state index in [0.29, 0.717) is 6.54 Å². The Morgan fingerprint density at radius 2 is 2.07 bits per heavy atom. The Balaban J connectivity index is 1.37. The number of carbonyl (C=O) groups excluding carboxylic acids is 1. The normalized spacial score (nSPS) is 21.1. The molecule has 3 heterocycles. The molecule has 1 fully saturated rings. The van der Waals surface area contributed by atoms with E-state index in [1.54, 1.807) is 6.20 Å². The summed E-state index contributed by atoms with van der Waals surface area (Å²) in [4.78, 5) is 21.9. The highest BCUT2D eigenvalue weighted by Crippen LogP contribution is 2.26. The molecule has 0 radical (unpaired) electrons. The van der Waals surface area contributed by atoms with Crippen molar-refractivity contribution in [2.75, 3.05) is 32.7 Å². The van der Waals surface area contributed by atoms with Gasteiger partial charge in [-0.3, -0.25) is 19.6 Å². The second-order valence-electron chi connectivity index (χ2n) is 7.99. The number of nitrogens with one attached hydrogen (secondary N) is 1. The van der Waals surface area contributed by atoms with Crippen LogP contribution in [-0.2, 0) is 11.3 Å². The summed E-state index contributed by atoms with van der Waals surface area (Å²) in [5.41, 5.74) is 2.17. The van der Waals surface area contributed by atoms with E-state index in [1.807, 2.05) is 36.5 Å². The molecule has 1 amide bonds. The molecule has 6 heteroatoms. The van der Waals surface area contributed by atoms with Crippen LogP contribution in [0.4, 0.5) is 0 Å². The van der Waals surface area contributed by atoms with E-state index < -0.39 is 0 Å². The smallest absolute Gasteiger partial charge is 0.242 e. The van der Waals surface area contributed by atoms with Crippen molar-refractivity contribution in [2.24, 2.45) is 0 Å². The molecule has 0 spiro atoms. The van der Waals surface area contributed by atoms with Gasteiger partial charge in [-0.05, 0) is 50.6 Å². The van der Waals surface area contributed by atoms with Crippen molar-refractivity contribution in [3.63, 3.8) is 0 Å². The van der Waals surface area contributed by atoms with Gasteiger partial charge < -0.3 is 10.1 Å². The third-order valence-electron chi connectivity index (χ3n) is 5.69. The number of hydrogen-bond donors (Lipinski definition) is 1. The average Bonchev–Trinajstić information content (AvgIpc) is 3.18. The topological polar surface area (TPSA) is 57.7 Å². The van der Waals surface area contributed by atoms with Crippen LogP contribution < -0.4 is 10.1 Å². The van der Waals surface area contributed by atoms with Crippen molar-refractivity contribution in [2.45, 2.75) is 38.5 Å². The summed E-state index contributed by atoms with van der Waals surface area (Å²) in [5.74, 6) is 1.04. The number of rotatable bonds is 6. The fourth-order valence-electron chi connectivity index (χ4n) is 4.34. The van der Waals surface area contributed by atoms with E-state index in [0.717, 1.165) is 56.9 Å². The first-order valence-electron chi connectivity index (χ1n) is 10.6. The van der Waals surface area contributed by atoms with Crippen molar-refractivity contribution < 1.29 is 9.53 Å². The molecular formula is C23H30N4O2. The predicted octanol–water partition coefficient (Wildman–Crippen LogP) is 2.62. The highest BCUT2D eigenvalue weighted by Gasteiger charge is 2.30. The molecule has 6 nitrogen and oxygen atoms in total. The summed E-state index contributed by atoms with van der Waals surface area (Å²) in [6.45, 7) is 7.14. The van der Waals surface area contributed by atoms with Gasteiger partial charge in [0.2, 0.25) is 5.91 Å². The number of hydrogen-bond acceptors (Lipinski definition) is 5. The monoisotopic (exact) mass is 394 g/mol. The molecule has 1 N–H and O–H groups in total. The molecule has 2 aliphatic heterocycles. The Morgan fingerprint density at radius 3 is 2.86 bits per heavy atom. The lowest BCUT2D eigenvalue weighted by molar-refractivity contribution is -0.126. The molecular weight excluding hydrogens is 364 g/mol. The quantitative estimate of drug-likeness (QED) is 0.816. The van der Waals surface area contributed by atoms with E-state index in [4.69, 9.17) is 4.74 Å². The summed E-state index contributed by atoms with van der Waals surface area (Å²) in [6, 6.07) is 11.9. The molecule has 1 aromatic heterocycles. The number of carbonyl (C=O) groups is 1. The van der Waals surface area contributed by atoms with Crippen LogP contribution in [0.1, 0.15) is 36.9 Å². The van der Waals surface area contributed by atoms with Crippen LogP contribution in [0.15, 0.2) is 48.8 Å². The lowest BCUT2D eigenvalue weighted by Crippen LogP contribution is -2.43. The highest BCUT2D eigenvalue weighted by atomic mass is 16.5. The van der Waals surface area contributed by atoms with Crippen LogP contribution >= 0.6 is 0 Å². The molecule has 154 valence electrons. The minimum Gasteiger partial charge on any atom is -0.489 e. The number of amides is 1. The number of aromatic nitrogens is 1. The van der Waals surface area contributed by atoms with Crippen LogP contribution in [0.25, 0.3) is 0 Å². The number of nitrogens with zero attached hydrogens (tertiary/aromatic N) is 3. The van der Waals surface area contributed by atoms with E-state index in [9.17, 15) is 4.79 Å². The Bertz CT molecular complexity index is 808. The van der Waals surface area contributed by atoms with Gasteiger partial charge in [0.05, 0.1) is 0 Å². The number of para-hydroxylation sites is 1. The molecule has 0 bridgehead atoms. The van der Waals surface area contributed by atoms with Gasteiger partial charge >= 0.3 is 0 Å².